The molecular formula is C14H12BiO2. The van der Waals surface area contributed by atoms with Gasteiger partial charge in [-0.3, -0.25) is 4.79 Å². The van der Waals surface area contributed by atoms with Crippen LogP contribution in [0.1, 0.15) is 22.0 Å². The first-order valence-corrected chi connectivity index (χ1v) is 5.11. The van der Waals surface area contributed by atoms with Gasteiger partial charge in [0.2, 0.25) is 0 Å². The molecule has 0 bridgehead atoms. The Morgan fingerprint density at radius 3 is 1.88 bits per heavy atom. The van der Waals surface area contributed by atoms with Crippen LogP contribution in [0.25, 0.3) is 0 Å². The zero-order valence-corrected chi connectivity index (χ0v) is 12.6. The van der Waals surface area contributed by atoms with E-state index in [1.165, 1.54) is 0 Å². The number of Topliss-reactive ketones (excluding diaryl/α,β-unsaturated/α-hetero) is 1. The summed E-state index contributed by atoms with van der Waals surface area (Å²) in [5.41, 5.74) is 1.15. The third kappa shape index (κ3) is 3.45. The molecule has 0 amide bonds. The van der Waals surface area contributed by atoms with E-state index in [9.17, 15) is 9.90 Å². The molecule has 1 unspecified atom stereocenters. The molecule has 3 radical (unpaired) electrons. The largest absolute Gasteiger partial charge is 0.380 e. The Labute approximate surface area is 119 Å². The van der Waals surface area contributed by atoms with Crippen LogP contribution in [0.2, 0.25) is 0 Å². The van der Waals surface area contributed by atoms with Crippen LogP contribution in [0.4, 0.5) is 0 Å². The molecule has 0 aliphatic carbocycles. The Morgan fingerprint density at radius 1 is 0.882 bits per heavy atom. The third-order valence-corrected chi connectivity index (χ3v) is 2.42. The van der Waals surface area contributed by atoms with Crippen LogP contribution in [-0.4, -0.2) is 37.1 Å². The second-order valence-corrected chi connectivity index (χ2v) is 3.54. The van der Waals surface area contributed by atoms with Crippen molar-refractivity contribution in [2.75, 3.05) is 0 Å². The topological polar surface area (TPSA) is 37.3 Å². The molecule has 0 fully saturated rings. The Hall–Kier alpha value is -1.05. The smallest absolute Gasteiger partial charge is 0.195 e. The molecular weight excluding hydrogens is 409 g/mol. The van der Waals surface area contributed by atoms with Crippen LogP contribution >= 0.6 is 0 Å². The number of aliphatic hydroxyl groups excluding tert-OH is 1. The zero-order chi connectivity index (χ0) is 11.4. The average Bonchev–Trinajstić information content (AvgIpc) is 2.39. The minimum Gasteiger partial charge on any atom is -0.380 e. The number of ketones is 1. The van der Waals surface area contributed by atoms with E-state index >= 15 is 0 Å². The normalized spacial score (nSPS) is 11.4. The van der Waals surface area contributed by atoms with Crippen LogP contribution < -0.4 is 0 Å². The minimum absolute atomic E-state index is 0. The van der Waals surface area contributed by atoms with Crippen LogP contribution in [0.15, 0.2) is 60.7 Å². The summed E-state index contributed by atoms with van der Waals surface area (Å²) in [5, 5.41) is 9.89. The van der Waals surface area contributed by atoms with Gasteiger partial charge in [0.15, 0.2) is 5.78 Å². The fraction of sp³-hybridized carbons (Fsp3) is 0.0714. The SMILES string of the molecule is O=C(c1ccccc1)C(O)c1ccccc1.[Bi]. The van der Waals surface area contributed by atoms with Gasteiger partial charge in [-0.1, -0.05) is 60.7 Å². The maximum absolute atomic E-state index is 11.9. The molecule has 0 spiro atoms. The van der Waals surface area contributed by atoms with Gasteiger partial charge < -0.3 is 5.11 Å². The fourth-order valence-corrected chi connectivity index (χ4v) is 1.55. The molecule has 85 valence electrons. The van der Waals surface area contributed by atoms with Crippen molar-refractivity contribution in [2.45, 2.75) is 6.10 Å². The van der Waals surface area contributed by atoms with Gasteiger partial charge in [0.25, 0.3) is 0 Å². The number of benzene rings is 2. The first-order valence-electron chi connectivity index (χ1n) is 5.11. The van der Waals surface area contributed by atoms with Gasteiger partial charge in [-0.15, -0.1) is 0 Å². The van der Waals surface area contributed by atoms with E-state index < -0.39 is 6.10 Å². The molecule has 1 atom stereocenters. The quantitative estimate of drug-likeness (QED) is 0.610. The number of carbonyl (C=O) groups excluding carboxylic acids is 1. The molecule has 0 aliphatic rings. The van der Waals surface area contributed by atoms with E-state index in [-0.39, 0.29) is 32.0 Å². The first-order chi connectivity index (χ1) is 7.79. The van der Waals surface area contributed by atoms with Crippen molar-refractivity contribution >= 4 is 32.0 Å². The molecule has 2 nitrogen and oxygen atoms in total. The Balaban J connectivity index is 0.00000144. The summed E-state index contributed by atoms with van der Waals surface area (Å²) in [6, 6.07) is 17.7. The van der Waals surface area contributed by atoms with Crippen LogP contribution in [0, 0.1) is 0 Å². The van der Waals surface area contributed by atoms with Gasteiger partial charge in [-0.25, -0.2) is 0 Å². The summed E-state index contributed by atoms with van der Waals surface area (Å²) in [6.45, 7) is 0. The van der Waals surface area contributed by atoms with Crippen molar-refractivity contribution < 1.29 is 9.90 Å². The Morgan fingerprint density at radius 2 is 1.35 bits per heavy atom. The molecule has 17 heavy (non-hydrogen) atoms. The summed E-state index contributed by atoms with van der Waals surface area (Å²) in [6.07, 6.45) is -1.08. The maximum atomic E-state index is 11.9. The number of rotatable bonds is 3. The molecule has 2 rings (SSSR count). The van der Waals surface area contributed by atoms with Crippen LogP contribution in [-0.2, 0) is 0 Å². The monoisotopic (exact) mass is 421 g/mol. The second-order valence-electron chi connectivity index (χ2n) is 3.54. The summed E-state index contributed by atoms with van der Waals surface area (Å²) >= 11 is 0. The van der Waals surface area contributed by atoms with Gasteiger partial charge in [-0.05, 0) is 5.56 Å². The predicted molar refractivity (Wildman–Crippen MR) is 67.9 cm³/mol. The molecule has 2 aromatic rings. The summed E-state index contributed by atoms with van der Waals surface area (Å²) in [5.74, 6) is -0.271. The van der Waals surface area contributed by atoms with E-state index in [1.807, 2.05) is 12.1 Å². The molecule has 0 aliphatic heterocycles. The van der Waals surface area contributed by atoms with E-state index in [2.05, 4.69) is 0 Å². The maximum Gasteiger partial charge on any atom is 0.195 e. The standard InChI is InChI=1S/C14H12O2.Bi/c15-13(11-7-3-1-4-8-11)14(16)12-9-5-2-6-10-12;/h1-10,13,15H;. The molecule has 0 aromatic heterocycles. The Kier molecular flexibility index (Phi) is 5.47. The van der Waals surface area contributed by atoms with Gasteiger partial charge in [0, 0.05) is 31.8 Å². The molecule has 3 heteroatoms. The van der Waals surface area contributed by atoms with Gasteiger partial charge in [0.05, 0.1) is 0 Å². The fourth-order valence-electron chi connectivity index (χ4n) is 1.55. The number of hydrogen-bond acceptors (Lipinski definition) is 2. The van der Waals surface area contributed by atoms with Crippen molar-refractivity contribution in [2.24, 2.45) is 0 Å². The Bertz CT molecular complexity index is 468. The van der Waals surface area contributed by atoms with Crippen LogP contribution in [0.5, 0.6) is 0 Å². The van der Waals surface area contributed by atoms with Crippen LogP contribution in [0.3, 0.4) is 0 Å². The molecule has 2 aromatic carbocycles. The average molecular weight is 421 g/mol. The van der Waals surface area contributed by atoms with Crippen molar-refractivity contribution in [1.29, 1.82) is 0 Å². The van der Waals surface area contributed by atoms with Crippen molar-refractivity contribution in [3.8, 4) is 0 Å². The van der Waals surface area contributed by atoms with Gasteiger partial charge in [0.1, 0.15) is 6.10 Å². The first kappa shape index (κ1) is 14.0. The van der Waals surface area contributed by atoms with Crippen molar-refractivity contribution in [3.63, 3.8) is 0 Å². The number of carbonyl (C=O) groups is 1. The van der Waals surface area contributed by atoms with E-state index in [0.29, 0.717) is 11.1 Å². The minimum atomic E-state index is -1.08. The second kappa shape index (κ2) is 6.63. The molecule has 0 saturated heterocycles. The molecule has 0 saturated carbocycles. The molecule has 1 N–H and O–H groups in total. The zero-order valence-electron chi connectivity index (χ0n) is 9.15. The number of hydrogen-bond donors (Lipinski definition) is 1. The van der Waals surface area contributed by atoms with Gasteiger partial charge >= 0.3 is 0 Å². The molecule has 0 heterocycles. The van der Waals surface area contributed by atoms with E-state index in [1.54, 1.807) is 48.5 Å². The summed E-state index contributed by atoms with van der Waals surface area (Å²) in [4.78, 5) is 11.9. The van der Waals surface area contributed by atoms with Crippen molar-refractivity contribution in [1.82, 2.24) is 0 Å². The predicted octanol–water partition coefficient (Wildman–Crippen LogP) is 2.22. The van der Waals surface area contributed by atoms with Crippen molar-refractivity contribution in [3.05, 3.63) is 71.8 Å². The summed E-state index contributed by atoms with van der Waals surface area (Å²) in [7, 11) is 0. The van der Waals surface area contributed by atoms with Gasteiger partial charge in [-0.2, -0.15) is 0 Å². The summed E-state index contributed by atoms with van der Waals surface area (Å²) < 4.78 is 0. The third-order valence-electron chi connectivity index (χ3n) is 2.42. The number of aliphatic hydroxyl groups is 1. The van der Waals surface area contributed by atoms with E-state index in [0.717, 1.165) is 0 Å². The van der Waals surface area contributed by atoms with E-state index in [4.69, 9.17) is 0 Å².